The normalized spacial score (nSPS) is 21.2. The van der Waals surface area contributed by atoms with Crippen molar-refractivity contribution in [2.45, 2.75) is 18.4 Å². The molecule has 0 unspecified atom stereocenters. The van der Waals surface area contributed by atoms with Gasteiger partial charge in [0.2, 0.25) is 0 Å². The van der Waals surface area contributed by atoms with Crippen LogP contribution in [0.1, 0.15) is 28.7 Å². The lowest BCUT2D eigenvalue weighted by atomic mass is 9.87. The predicted molar refractivity (Wildman–Crippen MR) is 90.0 cm³/mol. The van der Waals surface area contributed by atoms with Crippen LogP contribution in [0.4, 0.5) is 4.39 Å². The second-order valence-corrected chi connectivity index (χ2v) is 6.33. The molecule has 0 bridgehead atoms. The molecule has 1 N–H and O–H groups in total. The Morgan fingerprint density at radius 3 is 2.58 bits per heavy atom. The van der Waals surface area contributed by atoms with E-state index in [1.807, 2.05) is 30.5 Å². The Balaban J connectivity index is 1.59. The van der Waals surface area contributed by atoms with E-state index in [1.165, 1.54) is 11.1 Å². The molecule has 1 aliphatic rings. The maximum atomic E-state index is 13.3. The van der Waals surface area contributed by atoms with Gasteiger partial charge in [-0.25, -0.2) is 4.39 Å². The summed E-state index contributed by atoms with van der Waals surface area (Å²) in [5.41, 5.74) is 3.52. The molecule has 0 saturated carbocycles. The van der Waals surface area contributed by atoms with Gasteiger partial charge in [-0.2, -0.15) is 5.10 Å². The number of halogens is 1. The average Bonchev–Trinajstić information content (AvgIpc) is 3.26. The van der Waals surface area contributed by atoms with Crippen molar-refractivity contribution in [3.8, 4) is 0 Å². The number of nitrogens with zero attached hydrogens (tertiary/aromatic N) is 3. The summed E-state index contributed by atoms with van der Waals surface area (Å²) in [7, 11) is 0. The molecule has 3 heterocycles. The van der Waals surface area contributed by atoms with Crippen LogP contribution in [0.2, 0.25) is 0 Å². The molecule has 1 aromatic carbocycles. The SMILES string of the molecule is Fc1ccc([C@@H]2CN(Cc3cccnc3)C[C@H]2c2ccn[nH]2)cc1. The highest BCUT2D eigenvalue weighted by atomic mass is 19.1. The van der Waals surface area contributed by atoms with Crippen molar-refractivity contribution >= 4 is 0 Å². The zero-order chi connectivity index (χ0) is 16.4. The molecular formula is C19H19FN4. The standard InChI is InChI=1S/C19H19FN4/c20-16-5-3-15(4-6-16)17-12-24(11-14-2-1-8-21-10-14)13-18(17)19-7-9-22-23-19/h1-10,17-18H,11-13H2,(H,22,23)/t17-,18+/m0/s1. The first-order valence-electron chi connectivity index (χ1n) is 8.15. The number of likely N-dealkylation sites (tertiary alicyclic amines) is 1. The number of pyridine rings is 1. The first-order chi connectivity index (χ1) is 11.8. The van der Waals surface area contributed by atoms with Crippen LogP contribution in [-0.2, 0) is 6.54 Å². The molecule has 2 atom stereocenters. The van der Waals surface area contributed by atoms with Crippen molar-refractivity contribution in [3.63, 3.8) is 0 Å². The van der Waals surface area contributed by atoms with Crippen molar-refractivity contribution in [2.24, 2.45) is 0 Å². The van der Waals surface area contributed by atoms with Crippen LogP contribution >= 0.6 is 0 Å². The van der Waals surface area contributed by atoms with E-state index < -0.39 is 0 Å². The van der Waals surface area contributed by atoms with Crippen LogP contribution < -0.4 is 0 Å². The van der Waals surface area contributed by atoms with Crippen LogP contribution in [0.3, 0.4) is 0 Å². The van der Waals surface area contributed by atoms with Gasteiger partial charge in [0.15, 0.2) is 0 Å². The van der Waals surface area contributed by atoms with Gasteiger partial charge in [-0.05, 0) is 35.4 Å². The first kappa shape index (κ1) is 15.0. The van der Waals surface area contributed by atoms with Crippen LogP contribution in [-0.4, -0.2) is 33.2 Å². The monoisotopic (exact) mass is 322 g/mol. The Hall–Kier alpha value is -2.53. The second kappa shape index (κ2) is 6.53. The van der Waals surface area contributed by atoms with Crippen LogP contribution in [0.5, 0.6) is 0 Å². The van der Waals surface area contributed by atoms with Crippen molar-refractivity contribution < 1.29 is 4.39 Å². The third-order valence-electron chi connectivity index (χ3n) is 4.74. The molecule has 122 valence electrons. The molecule has 0 amide bonds. The Morgan fingerprint density at radius 1 is 1.04 bits per heavy atom. The molecule has 2 aromatic heterocycles. The van der Waals surface area contributed by atoms with E-state index in [4.69, 9.17) is 0 Å². The van der Waals surface area contributed by atoms with E-state index in [9.17, 15) is 4.39 Å². The van der Waals surface area contributed by atoms with E-state index in [1.54, 1.807) is 24.5 Å². The fourth-order valence-electron chi connectivity index (χ4n) is 3.60. The van der Waals surface area contributed by atoms with E-state index in [-0.39, 0.29) is 5.82 Å². The molecule has 0 aliphatic carbocycles. The predicted octanol–water partition coefficient (Wildman–Crippen LogP) is 3.33. The summed E-state index contributed by atoms with van der Waals surface area (Å²) in [6, 6.07) is 13.0. The number of nitrogens with one attached hydrogen (secondary N) is 1. The highest BCUT2D eigenvalue weighted by molar-refractivity contribution is 5.28. The second-order valence-electron chi connectivity index (χ2n) is 6.33. The minimum absolute atomic E-state index is 0.193. The summed E-state index contributed by atoms with van der Waals surface area (Å²) in [5.74, 6) is 0.458. The Bertz CT molecular complexity index is 771. The third kappa shape index (κ3) is 3.08. The van der Waals surface area contributed by atoms with Gasteiger partial charge in [0.25, 0.3) is 0 Å². The number of rotatable bonds is 4. The van der Waals surface area contributed by atoms with Gasteiger partial charge in [-0.3, -0.25) is 15.0 Å². The van der Waals surface area contributed by atoms with Gasteiger partial charge in [0.1, 0.15) is 5.82 Å². The highest BCUT2D eigenvalue weighted by Gasteiger charge is 2.35. The number of aromatic amines is 1. The summed E-state index contributed by atoms with van der Waals surface area (Å²) in [4.78, 5) is 6.63. The molecule has 1 saturated heterocycles. The lowest BCUT2D eigenvalue weighted by Crippen LogP contribution is -2.20. The minimum atomic E-state index is -0.193. The van der Waals surface area contributed by atoms with Gasteiger partial charge in [0.05, 0.1) is 0 Å². The van der Waals surface area contributed by atoms with Crippen LogP contribution in [0.25, 0.3) is 0 Å². The molecule has 0 radical (unpaired) electrons. The number of H-pyrrole nitrogens is 1. The summed E-state index contributed by atoms with van der Waals surface area (Å²) >= 11 is 0. The Morgan fingerprint density at radius 2 is 1.88 bits per heavy atom. The molecule has 1 fully saturated rings. The molecular weight excluding hydrogens is 303 g/mol. The van der Waals surface area contributed by atoms with E-state index >= 15 is 0 Å². The average molecular weight is 322 g/mol. The maximum absolute atomic E-state index is 13.3. The summed E-state index contributed by atoms with van der Waals surface area (Å²) in [5, 5.41) is 7.22. The van der Waals surface area contributed by atoms with Crippen LogP contribution in [0.15, 0.2) is 61.1 Å². The van der Waals surface area contributed by atoms with Gasteiger partial charge < -0.3 is 0 Å². The number of hydrogen-bond donors (Lipinski definition) is 1. The third-order valence-corrected chi connectivity index (χ3v) is 4.74. The largest absolute Gasteiger partial charge is 0.298 e. The quantitative estimate of drug-likeness (QED) is 0.801. The number of hydrogen-bond acceptors (Lipinski definition) is 3. The van der Waals surface area contributed by atoms with Gasteiger partial charge in [0, 0.05) is 55.8 Å². The molecule has 4 rings (SSSR count). The molecule has 24 heavy (non-hydrogen) atoms. The fraction of sp³-hybridized carbons (Fsp3) is 0.263. The fourth-order valence-corrected chi connectivity index (χ4v) is 3.60. The minimum Gasteiger partial charge on any atom is -0.298 e. The van der Waals surface area contributed by atoms with Crippen molar-refractivity contribution in [2.75, 3.05) is 13.1 Å². The summed E-state index contributed by atoms with van der Waals surface area (Å²) < 4.78 is 13.3. The lowest BCUT2D eigenvalue weighted by Gasteiger charge is -2.17. The van der Waals surface area contributed by atoms with E-state index in [0.717, 1.165) is 25.3 Å². The smallest absolute Gasteiger partial charge is 0.123 e. The zero-order valence-corrected chi connectivity index (χ0v) is 13.3. The number of benzene rings is 1. The van der Waals surface area contributed by atoms with Gasteiger partial charge in [-0.1, -0.05) is 18.2 Å². The summed E-state index contributed by atoms with van der Waals surface area (Å²) in [6.07, 6.45) is 5.50. The topological polar surface area (TPSA) is 44.8 Å². The molecule has 0 spiro atoms. The molecule has 1 aliphatic heterocycles. The number of aromatic nitrogens is 3. The molecule has 5 heteroatoms. The molecule has 3 aromatic rings. The zero-order valence-electron chi connectivity index (χ0n) is 13.3. The Labute approximate surface area is 140 Å². The van der Waals surface area contributed by atoms with Crippen molar-refractivity contribution in [1.82, 2.24) is 20.1 Å². The van der Waals surface area contributed by atoms with Gasteiger partial charge >= 0.3 is 0 Å². The first-order valence-corrected chi connectivity index (χ1v) is 8.15. The maximum Gasteiger partial charge on any atom is 0.123 e. The van der Waals surface area contributed by atoms with Crippen molar-refractivity contribution in [3.05, 3.63) is 83.7 Å². The van der Waals surface area contributed by atoms with E-state index in [0.29, 0.717) is 11.8 Å². The highest BCUT2D eigenvalue weighted by Crippen LogP contribution is 2.39. The Kier molecular flexibility index (Phi) is 4.09. The van der Waals surface area contributed by atoms with Crippen LogP contribution in [0, 0.1) is 5.82 Å². The summed E-state index contributed by atoms with van der Waals surface area (Å²) in [6.45, 7) is 2.75. The van der Waals surface area contributed by atoms with Gasteiger partial charge in [-0.15, -0.1) is 0 Å². The lowest BCUT2D eigenvalue weighted by molar-refractivity contribution is 0.323. The van der Waals surface area contributed by atoms with E-state index in [2.05, 4.69) is 26.1 Å². The van der Waals surface area contributed by atoms with Crippen molar-refractivity contribution in [1.29, 1.82) is 0 Å². The molecule has 4 nitrogen and oxygen atoms in total.